The van der Waals surface area contributed by atoms with Crippen LogP contribution in [0.5, 0.6) is 0 Å². The summed E-state index contributed by atoms with van der Waals surface area (Å²) in [6.45, 7) is 10.2. The first-order chi connectivity index (χ1) is 12.9. The van der Waals surface area contributed by atoms with E-state index < -0.39 is 5.60 Å². The van der Waals surface area contributed by atoms with Crippen molar-refractivity contribution >= 4 is 11.9 Å². The van der Waals surface area contributed by atoms with Gasteiger partial charge in [0.25, 0.3) is 0 Å². The molecule has 0 spiro atoms. The van der Waals surface area contributed by atoms with E-state index in [4.69, 9.17) is 4.74 Å². The van der Waals surface area contributed by atoms with Crippen molar-refractivity contribution in [3.63, 3.8) is 0 Å². The van der Waals surface area contributed by atoms with Crippen LogP contribution in [0.25, 0.3) is 0 Å². The molecule has 154 valence electrons. The smallest absolute Gasteiger partial charge is 0.306 e. The Hall–Kier alpha value is -2.12. The number of aryl methyl sites for hydroxylation is 1. The summed E-state index contributed by atoms with van der Waals surface area (Å²) in [5.74, 6) is 1.69. The van der Waals surface area contributed by atoms with Crippen LogP contribution in [-0.4, -0.2) is 52.4 Å². The third-order valence-corrected chi connectivity index (χ3v) is 3.90. The Balaban J connectivity index is 2.06. The normalized spacial score (nSPS) is 12.1. The van der Waals surface area contributed by atoms with Crippen LogP contribution < -0.4 is 10.6 Å². The molecule has 0 aromatic carbocycles. The molecule has 0 radical (unpaired) electrons. The predicted octanol–water partition coefficient (Wildman–Crippen LogP) is 2.30. The highest BCUT2D eigenvalue weighted by Crippen LogP contribution is 2.10. The minimum atomic E-state index is -0.392. The van der Waals surface area contributed by atoms with Crippen molar-refractivity contribution in [3.8, 4) is 0 Å². The highest BCUT2D eigenvalue weighted by Gasteiger charge is 2.15. The zero-order chi connectivity index (χ0) is 20.1. The van der Waals surface area contributed by atoms with Crippen LogP contribution in [0.2, 0.25) is 0 Å². The van der Waals surface area contributed by atoms with Crippen molar-refractivity contribution < 1.29 is 9.53 Å². The molecule has 1 aromatic rings. The van der Waals surface area contributed by atoms with E-state index in [0.717, 1.165) is 63.5 Å². The second-order valence-electron chi connectivity index (χ2n) is 7.47. The van der Waals surface area contributed by atoms with Gasteiger partial charge in [-0.3, -0.25) is 9.79 Å². The van der Waals surface area contributed by atoms with Crippen LogP contribution in [0, 0.1) is 0 Å². The minimum Gasteiger partial charge on any atom is -0.460 e. The Morgan fingerprint density at radius 1 is 1.19 bits per heavy atom. The van der Waals surface area contributed by atoms with Crippen LogP contribution in [0.3, 0.4) is 0 Å². The molecular weight excluding hydrogens is 344 g/mol. The number of guanidine groups is 1. The van der Waals surface area contributed by atoms with Gasteiger partial charge in [0.1, 0.15) is 17.8 Å². The number of rotatable bonds is 11. The van der Waals surface area contributed by atoms with Gasteiger partial charge in [0.2, 0.25) is 0 Å². The van der Waals surface area contributed by atoms with Gasteiger partial charge >= 0.3 is 5.97 Å². The molecular formula is C19H36N6O2. The van der Waals surface area contributed by atoms with Gasteiger partial charge in [-0.15, -0.1) is 10.2 Å². The molecule has 0 aliphatic carbocycles. The summed E-state index contributed by atoms with van der Waals surface area (Å²) in [6.07, 6.45) is 7.15. The number of nitrogens with one attached hydrogen (secondary N) is 2. The summed E-state index contributed by atoms with van der Waals surface area (Å²) in [5.41, 5.74) is -0.392. The maximum Gasteiger partial charge on any atom is 0.306 e. The number of esters is 1. The first-order valence-corrected chi connectivity index (χ1v) is 9.88. The van der Waals surface area contributed by atoms with Crippen molar-refractivity contribution in [2.24, 2.45) is 4.99 Å². The molecule has 0 bridgehead atoms. The first-order valence-electron chi connectivity index (χ1n) is 9.88. The van der Waals surface area contributed by atoms with Gasteiger partial charge in [0, 0.05) is 39.5 Å². The number of unbranched alkanes of at least 4 members (excludes halogenated alkanes) is 3. The lowest BCUT2D eigenvalue weighted by atomic mass is 10.1. The molecule has 0 unspecified atom stereocenters. The van der Waals surface area contributed by atoms with Crippen molar-refractivity contribution in [1.29, 1.82) is 0 Å². The molecule has 1 aromatic heterocycles. The third-order valence-electron chi connectivity index (χ3n) is 3.90. The zero-order valence-corrected chi connectivity index (χ0v) is 17.5. The molecule has 0 amide bonds. The van der Waals surface area contributed by atoms with Crippen molar-refractivity contribution in [2.75, 3.05) is 20.1 Å². The van der Waals surface area contributed by atoms with E-state index in [1.165, 1.54) is 0 Å². The number of carbonyl (C=O) groups is 1. The molecule has 27 heavy (non-hydrogen) atoms. The summed E-state index contributed by atoms with van der Waals surface area (Å²) in [7, 11) is 1.77. The summed E-state index contributed by atoms with van der Waals surface area (Å²) < 4.78 is 7.35. The van der Waals surface area contributed by atoms with Gasteiger partial charge in [-0.2, -0.15) is 0 Å². The van der Waals surface area contributed by atoms with E-state index in [0.29, 0.717) is 6.42 Å². The molecule has 0 aliphatic heterocycles. The monoisotopic (exact) mass is 380 g/mol. The Morgan fingerprint density at radius 2 is 1.89 bits per heavy atom. The highest BCUT2D eigenvalue weighted by molar-refractivity contribution is 5.79. The van der Waals surface area contributed by atoms with Gasteiger partial charge in [-0.1, -0.05) is 19.8 Å². The zero-order valence-electron chi connectivity index (χ0n) is 17.5. The first kappa shape index (κ1) is 22.9. The summed E-state index contributed by atoms with van der Waals surface area (Å²) in [5, 5.41) is 14.6. The molecule has 8 heteroatoms. The Labute approximate surface area is 163 Å². The van der Waals surface area contributed by atoms with Crippen LogP contribution in [0.1, 0.15) is 65.6 Å². The van der Waals surface area contributed by atoms with E-state index >= 15 is 0 Å². The van der Waals surface area contributed by atoms with Crippen molar-refractivity contribution in [3.05, 3.63) is 12.2 Å². The van der Waals surface area contributed by atoms with E-state index in [1.54, 1.807) is 13.4 Å². The Kier molecular flexibility index (Phi) is 10.4. The molecule has 0 saturated carbocycles. The third kappa shape index (κ3) is 10.6. The van der Waals surface area contributed by atoms with Crippen LogP contribution in [0.15, 0.2) is 11.3 Å². The summed E-state index contributed by atoms with van der Waals surface area (Å²) in [4.78, 5) is 15.9. The Bertz CT molecular complexity index is 577. The lowest BCUT2D eigenvalue weighted by Crippen LogP contribution is -2.39. The van der Waals surface area contributed by atoms with Gasteiger partial charge < -0.3 is 19.9 Å². The molecule has 0 fully saturated rings. The summed E-state index contributed by atoms with van der Waals surface area (Å²) >= 11 is 0. The van der Waals surface area contributed by atoms with Crippen molar-refractivity contribution in [2.45, 2.75) is 78.4 Å². The highest BCUT2D eigenvalue weighted by atomic mass is 16.6. The largest absolute Gasteiger partial charge is 0.460 e. The maximum atomic E-state index is 11.6. The van der Waals surface area contributed by atoms with E-state index in [2.05, 4.69) is 32.7 Å². The Morgan fingerprint density at radius 3 is 2.56 bits per heavy atom. The number of carbonyl (C=O) groups excluding carboxylic acids is 1. The van der Waals surface area contributed by atoms with E-state index in [9.17, 15) is 4.79 Å². The second kappa shape index (κ2) is 12.3. The maximum absolute atomic E-state index is 11.6. The SMILES string of the molecule is CCc1nncn1CCNC(=NC)NCCCCCCC(=O)OC(C)(C)C. The molecule has 2 N–H and O–H groups in total. The lowest BCUT2D eigenvalue weighted by Gasteiger charge is -2.19. The number of hydrogen-bond donors (Lipinski definition) is 2. The number of hydrogen-bond acceptors (Lipinski definition) is 5. The molecule has 0 aliphatic rings. The number of nitrogens with zero attached hydrogens (tertiary/aromatic N) is 4. The molecule has 1 rings (SSSR count). The fraction of sp³-hybridized carbons (Fsp3) is 0.789. The quantitative estimate of drug-likeness (QED) is 0.265. The van der Waals surface area contributed by atoms with Gasteiger partial charge in [-0.25, -0.2) is 0 Å². The molecule has 0 atom stereocenters. The van der Waals surface area contributed by atoms with Crippen LogP contribution >= 0.6 is 0 Å². The fourth-order valence-electron chi connectivity index (χ4n) is 2.60. The van der Waals surface area contributed by atoms with Gasteiger partial charge in [0.15, 0.2) is 5.96 Å². The number of aromatic nitrogens is 3. The van der Waals surface area contributed by atoms with Gasteiger partial charge in [-0.05, 0) is 33.6 Å². The van der Waals surface area contributed by atoms with Crippen molar-refractivity contribution in [1.82, 2.24) is 25.4 Å². The number of aliphatic imine (C=N–C) groups is 1. The predicted molar refractivity (Wildman–Crippen MR) is 108 cm³/mol. The van der Waals surface area contributed by atoms with Crippen LogP contribution in [-0.2, 0) is 22.5 Å². The lowest BCUT2D eigenvalue weighted by molar-refractivity contribution is -0.154. The molecule has 1 heterocycles. The second-order valence-corrected chi connectivity index (χ2v) is 7.47. The molecule has 0 saturated heterocycles. The number of ether oxygens (including phenoxy) is 1. The van der Waals surface area contributed by atoms with Gasteiger partial charge in [0.05, 0.1) is 0 Å². The molecule has 8 nitrogen and oxygen atoms in total. The topological polar surface area (TPSA) is 93.4 Å². The van der Waals surface area contributed by atoms with E-state index in [-0.39, 0.29) is 5.97 Å². The standard InChI is InChI=1S/C19H36N6O2/c1-6-16-24-23-15-25(16)14-13-22-18(20-5)21-12-10-8-7-9-11-17(26)27-19(2,3)4/h15H,6-14H2,1-5H3,(H2,20,21,22). The summed E-state index contributed by atoms with van der Waals surface area (Å²) in [6, 6.07) is 0. The fourth-order valence-corrected chi connectivity index (χ4v) is 2.60. The average Bonchev–Trinajstić information content (AvgIpc) is 3.05. The van der Waals surface area contributed by atoms with Crippen LogP contribution in [0.4, 0.5) is 0 Å². The average molecular weight is 381 g/mol. The minimum absolute atomic E-state index is 0.107. The van der Waals surface area contributed by atoms with E-state index in [1.807, 2.05) is 25.3 Å².